The molecular weight excluding hydrogens is 262 g/mol. The van der Waals surface area contributed by atoms with E-state index < -0.39 is 5.60 Å². The van der Waals surface area contributed by atoms with Crippen molar-refractivity contribution in [3.05, 3.63) is 41.6 Å². The first-order valence-corrected chi connectivity index (χ1v) is 7.83. The minimum Gasteiger partial charge on any atom is -0.386 e. The highest BCUT2D eigenvalue weighted by atomic mass is 16.5. The van der Waals surface area contributed by atoms with Gasteiger partial charge in [0.25, 0.3) is 0 Å². The molecule has 3 nitrogen and oxygen atoms in total. The Kier molecular flexibility index (Phi) is 3.85. The summed E-state index contributed by atoms with van der Waals surface area (Å²) < 4.78 is 5.52. The van der Waals surface area contributed by atoms with Crippen LogP contribution in [0.2, 0.25) is 0 Å². The van der Waals surface area contributed by atoms with Crippen molar-refractivity contribution in [2.45, 2.75) is 57.5 Å². The van der Waals surface area contributed by atoms with Crippen LogP contribution in [0.25, 0.3) is 11.3 Å². The maximum Gasteiger partial charge on any atom is 0.170 e. The van der Waals surface area contributed by atoms with Crippen LogP contribution < -0.4 is 0 Å². The van der Waals surface area contributed by atoms with Gasteiger partial charge in [-0.05, 0) is 38.2 Å². The Morgan fingerprint density at radius 1 is 1.10 bits per heavy atom. The maximum atomic E-state index is 10.0. The summed E-state index contributed by atoms with van der Waals surface area (Å²) in [5.74, 6) is 1.47. The average Bonchev–Trinajstić information content (AvgIpc) is 2.97. The zero-order chi connectivity index (χ0) is 14.9. The van der Waals surface area contributed by atoms with Crippen LogP contribution in [0.3, 0.4) is 0 Å². The van der Waals surface area contributed by atoms with Crippen LogP contribution in [0.15, 0.2) is 35.0 Å². The quantitative estimate of drug-likeness (QED) is 0.895. The van der Waals surface area contributed by atoms with Crippen molar-refractivity contribution in [2.75, 3.05) is 0 Å². The Balaban J connectivity index is 1.89. The summed E-state index contributed by atoms with van der Waals surface area (Å²) in [5, 5.41) is 14.1. The molecule has 1 saturated carbocycles. The molecule has 0 aliphatic heterocycles. The highest BCUT2D eigenvalue weighted by Crippen LogP contribution is 2.38. The molecule has 112 valence electrons. The van der Waals surface area contributed by atoms with Crippen LogP contribution in [0.5, 0.6) is 0 Å². The molecule has 0 bridgehead atoms. The summed E-state index contributed by atoms with van der Waals surface area (Å²) in [4.78, 5) is 0. The monoisotopic (exact) mass is 285 g/mol. The second-order valence-electron chi connectivity index (χ2n) is 6.58. The molecule has 3 heteroatoms. The van der Waals surface area contributed by atoms with Crippen LogP contribution in [-0.2, 0) is 5.60 Å². The van der Waals surface area contributed by atoms with Gasteiger partial charge < -0.3 is 9.63 Å². The lowest BCUT2D eigenvalue weighted by Gasteiger charge is -2.21. The van der Waals surface area contributed by atoms with Crippen molar-refractivity contribution in [3.8, 4) is 11.3 Å². The van der Waals surface area contributed by atoms with Crippen LogP contribution in [0.1, 0.15) is 63.0 Å². The molecule has 21 heavy (non-hydrogen) atoms. The highest BCUT2D eigenvalue weighted by molar-refractivity contribution is 5.62. The van der Waals surface area contributed by atoms with Gasteiger partial charge in [-0.2, -0.15) is 0 Å². The molecule has 1 N–H and O–H groups in total. The van der Waals surface area contributed by atoms with Gasteiger partial charge >= 0.3 is 0 Å². The predicted octanol–water partition coefficient (Wildman–Crippen LogP) is 4.62. The Morgan fingerprint density at radius 2 is 1.76 bits per heavy atom. The van der Waals surface area contributed by atoms with Crippen molar-refractivity contribution in [1.29, 1.82) is 0 Å². The van der Waals surface area contributed by atoms with E-state index in [1.54, 1.807) is 13.8 Å². The lowest BCUT2D eigenvalue weighted by atomic mass is 9.83. The number of hydrogen-bond acceptors (Lipinski definition) is 3. The zero-order valence-corrected chi connectivity index (χ0v) is 12.8. The molecular formula is C18H23NO2. The van der Waals surface area contributed by atoms with E-state index in [1.807, 2.05) is 30.5 Å². The summed E-state index contributed by atoms with van der Waals surface area (Å²) in [6, 6.07) is 7.95. The topological polar surface area (TPSA) is 46.3 Å². The minimum atomic E-state index is -0.813. The molecule has 1 aliphatic carbocycles. The van der Waals surface area contributed by atoms with Crippen molar-refractivity contribution < 1.29 is 9.63 Å². The lowest BCUT2D eigenvalue weighted by Crippen LogP contribution is -2.14. The first-order valence-electron chi connectivity index (χ1n) is 7.83. The number of aliphatic hydroxyl groups is 1. The van der Waals surface area contributed by atoms with E-state index >= 15 is 0 Å². The third-order valence-electron chi connectivity index (χ3n) is 4.50. The van der Waals surface area contributed by atoms with Gasteiger partial charge in [-0.25, -0.2) is 0 Å². The molecule has 0 atom stereocenters. The molecule has 1 aliphatic rings. The number of nitrogens with zero attached hydrogens (tertiary/aromatic N) is 1. The summed E-state index contributed by atoms with van der Waals surface area (Å²) in [6.07, 6.45) is 8.29. The van der Waals surface area contributed by atoms with E-state index in [-0.39, 0.29) is 0 Å². The number of benzene rings is 1. The zero-order valence-electron chi connectivity index (χ0n) is 12.8. The summed E-state index contributed by atoms with van der Waals surface area (Å²) >= 11 is 0. The normalized spacial score (nSPS) is 17.1. The summed E-state index contributed by atoms with van der Waals surface area (Å²) in [6.45, 7) is 3.59. The van der Waals surface area contributed by atoms with Crippen molar-refractivity contribution in [3.63, 3.8) is 0 Å². The van der Waals surface area contributed by atoms with Crippen molar-refractivity contribution in [1.82, 2.24) is 5.16 Å². The molecule has 0 unspecified atom stereocenters. The third-order valence-corrected chi connectivity index (χ3v) is 4.50. The van der Waals surface area contributed by atoms with E-state index in [0.29, 0.717) is 5.92 Å². The van der Waals surface area contributed by atoms with E-state index in [0.717, 1.165) is 16.9 Å². The number of hydrogen-bond donors (Lipinski definition) is 1. The van der Waals surface area contributed by atoms with Crippen LogP contribution >= 0.6 is 0 Å². The standard InChI is InChI=1S/C18H23NO2/c1-18(2,20)15-10-8-14(9-11-15)17-16(12-19-21-17)13-6-4-3-5-7-13/h8-13,20H,3-7H2,1-2H3. The van der Waals surface area contributed by atoms with Gasteiger partial charge in [0.15, 0.2) is 5.76 Å². The van der Waals surface area contributed by atoms with Crippen molar-refractivity contribution >= 4 is 0 Å². The van der Waals surface area contributed by atoms with Gasteiger partial charge in [0.1, 0.15) is 0 Å². The second-order valence-corrected chi connectivity index (χ2v) is 6.58. The molecule has 1 aromatic carbocycles. The molecule has 0 spiro atoms. The Bertz CT molecular complexity index is 586. The SMILES string of the molecule is CC(C)(O)c1ccc(-c2oncc2C2CCCCC2)cc1. The molecule has 1 fully saturated rings. The summed E-state index contributed by atoms with van der Waals surface area (Å²) in [7, 11) is 0. The Hall–Kier alpha value is -1.61. The fourth-order valence-corrected chi connectivity index (χ4v) is 3.20. The molecule has 1 heterocycles. The number of aromatic nitrogens is 1. The molecule has 1 aromatic heterocycles. The maximum absolute atomic E-state index is 10.0. The predicted molar refractivity (Wildman–Crippen MR) is 83.0 cm³/mol. The molecule has 0 amide bonds. The highest BCUT2D eigenvalue weighted by Gasteiger charge is 2.23. The van der Waals surface area contributed by atoms with E-state index in [4.69, 9.17) is 4.52 Å². The fraction of sp³-hybridized carbons (Fsp3) is 0.500. The first-order chi connectivity index (χ1) is 10.1. The molecule has 0 saturated heterocycles. The third kappa shape index (κ3) is 3.03. The van der Waals surface area contributed by atoms with Gasteiger partial charge in [0.2, 0.25) is 0 Å². The van der Waals surface area contributed by atoms with Crippen LogP contribution in [0.4, 0.5) is 0 Å². The Morgan fingerprint density at radius 3 is 2.38 bits per heavy atom. The Labute approximate surface area is 126 Å². The van der Waals surface area contributed by atoms with Gasteiger partial charge in [0, 0.05) is 11.1 Å². The average molecular weight is 285 g/mol. The van der Waals surface area contributed by atoms with E-state index in [1.165, 1.54) is 37.7 Å². The van der Waals surface area contributed by atoms with Crippen LogP contribution in [-0.4, -0.2) is 10.3 Å². The lowest BCUT2D eigenvalue weighted by molar-refractivity contribution is 0.0786. The van der Waals surface area contributed by atoms with E-state index in [9.17, 15) is 5.11 Å². The van der Waals surface area contributed by atoms with Crippen molar-refractivity contribution in [2.24, 2.45) is 0 Å². The number of rotatable bonds is 3. The van der Waals surface area contributed by atoms with E-state index in [2.05, 4.69) is 5.16 Å². The first kappa shape index (κ1) is 14.3. The van der Waals surface area contributed by atoms with Crippen LogP contribution in [0, 0.1) is 0 Å². The second kappa shape index (κ2) is 5.64. The van der Waals surface area contributed by atoms with Gasteiger partial charge in [-0.1, -0.05) is 48.7 Å². The minimum absolute atomic E-state index is 0.578. The van der Waals surface area contributed by atoms with Gasteiger partial charge in [-0.15, -0.1) is 0 Å². The largest absolute Gasteiger partial charge is 0.386 e. The summed E-state index contributed by atoms with van der Waals surface area (Å²) in [5.41, 5.74) is 2.38. The molecule has 2 aromatic rings. The fourth-order valence-electron chi connectivity index (χ4n) is 3.20. The smallest absolute Gasteiger partial charge is 0.170 e. The van der Waals surface area contributed by atoms with Gasteiger partial charge in [-0.3, -0.25) is 0 Å². The molecule has 0 radical (unpaired) electrons. The van der Waals surface area contributed by atoms with Gasteiger partial charge in [0.05, 0.1) is 11.8 Å². The molecule has 3 rings (SSSR count).